The van der Waals surface area contributed by atoms with Gasteiger partial charge in [0.1, 0.15) is 11.6 Å². The number of fused-ring (bicyclic) bond motifs is 2. The maximum atomic E-state index is 5.93. The highest BCUT2D eigenvalue weighted by atomic mass is 35.5. The van der Waals surface area contributed by atoms with Gasteiger partial charge in [0.25, 0.3) is 0 Å². The Morgan fingerprint density at radius 1 is 1.00 bits per heavy atom. The van der Waals surface area contributed by atoms with E-state index in [9.17, 15) is 0 Å². The van der Waals surface area contributed by atoms with Crippen LogP contribution in [0.2, 0.25) is 0 Å². The third-order valence-electron chi connectivity index (χ3n) is 4.55. The number of hydrogen-bond donors (Lipinski definition) is 2. The minimum Gasteiger partial charge on any atom is -0.456 e. The van der Waals surface area contributed by atoms with Gasteiger partial charge in [0.05, 0.1) is 5.69 Å². The molecule has 142 valence electrons. The molecule has 27 heavy (non-hydrogen) atoms. The maximum Gasteiger partial charge on any atom is 0.150 e. The monoisotopic (exact) mass is 403 g/mol. The van der Waals surface area contributed by atoms with Crippen molar-refractivity contribution in [1.82, 2.24) is 0 Å². The first kappa shape index (κ1) is 20.7. The van der Waals surface area contributed by atoms with Crippen LogP contribution in [-0.4, -0.2) is 7.05 Å². The van der Waals surface area contributed by atoms with Gasteiger partial charge in [-0.15, -0.1) is 24.8 Å². The van der Waals surface area contributed by atoms with E-state index in [1.54, 1.807) is 0 Å². The fourth-order valence-corrected chi connectivity index (χ4v) is 3.22. The van der Waals surface area contributed by atoms with Crippen molar-refractivity contribution >= 4 is 47.0 Å². The average molecular weight is 404 g/mol. The Hall–Kier alpha value is -2.56. The van der Waals surface area contributed by atoms with Crippen molar-refractivity contribution in [2.75, 3.05) is 17.3 Å². The Kier molecular flexibility index (Phi) is 6.47. The number of allylic oxidation sites excluding steroid dienone is 1. The Bertz CT molecular complexity index is 983. The van der Waals surface area contributed by atoms with Gasteiger partial charge in [-0.3, -0.25) is 0 Å². The Balaban J connectivity index is 0.00000131. The molecule has 0 saturated carbocycles. The van der Waals surface area contributed by atoms with E-state index < -0.39 is 0 Å². The summed E-state index contributed by atoms with van der Waals surface area (Å²) >= 11 is 0. The molecule has 1 aliphatic heterocycles. The number of anilines is 2. The van der Waals surface area contributed by atoms with Crippen LogP contribution < -0.4 is 20.7 Å². The van der Waals surface area contributed by atoms with E-state index in [0.29, 0.717) is 11.6 Å². The van der Waals surface area contributed by atoms with Crippen LogP contribution >= 0.6 is 24.8 Å². The number of benzene rings is 3. The third kappa shape index (κ3) is 4.07. The van der Waals surface area contributed by atoms with Gasteiger partial charge < -0.3 is 20.7 Å². The minimum absolute atomic E-state index is 0. The molecule has 0 aromatic heterocycles. The summed E-state index contributed by atoms with van der Waals surface area (Å²) in [5.74, 6) is 2.07. The van der Waals surface area contributed by atoms with Gasteiger partial charge in [0.2, 0.25) is 0 Å². The summed E-state index contributed by atoms with van der Waals surface area (Å²) in [7, 11) is 2.11. The first-order chi connectivity index (χ1) is 12.1. The summed E-state index contributed by atoms with van der Waals surface area (Å²) in [6, 6.07) is 21.0. The lowest BCUT2D eigenvalue weighted by molar-refractivity contribution is 0.415. The van der Waals surface area contributed by atoms with E-state index in [-0.39, 0.29) is 24.8 Å². The van der Waals surface area contributed by atoms with Crippen molar-refractivity contribution in [3.8, 4) is 5.75 Å². The van der Waals surface area contributed by atoms with Crippen LogP contribution in [0, 0.1) is 0 Å². The van der Waals surface area contributed by atoms with Crippen molar-refractivity contribution in [2.24, 2.45) is 5.73 Å². The number of hydrogen-bond acceptors (Lipinski definition) is 4. The average Bonchev–Trinajstić information content (AvgIpc) is 2.62. The summed E-state index contributed by atoms with van der Waals surface area (Å²) in [5, 5.41) is 5.72. The molecule has 0 bridgehead atoms. The Morgan fingerprint density at radius 3 is 2.56 bits per heavy atom. The SMILES string of the molecule is CC1=C(N)Nc2cc(CN(C)c3cccc4ccccc34)ccc2O1.Cl.Cl. The van der Waals surface area contributed by atoms with Crippen LogP contribution in [0.15, 0.2) is 72.2 Å². The normalized spacial score (nSPS) is 12.2. The number of ether oxygens (including phenoxy) is 1. The second kappa shape index (κ2) is 8.42. The highest BCUT2D eigenvalue weighted by Crippen LogP contribution is 2.33. The molecular formula is C21H23Cl2N3O. The molecule has 1 heterocycles. The van der Waals surface area contributed by atoms with E-state index in [2.05, 4.69) is 71.9 Å². The second-order valence-electron chi connectivity index (χ2n) is 6.38. The molecule has 6 heteroatoms. The van der Waals surface area contributed by atoms with Gasteiger partial charge in [-0.05, 0) is 36.1 Å². The molecular weight excluding hydrogens is 381 g/mol. The number of nitrogens with one attached hydrogen (secondary N) is 1. The van der Waals surface area contributed by atoms with Crippen molar-refractivity contribution in [2.45, 2.75) is 13.5 Å². The van der Waals surface area contributed by atoms with Crippen LogP contribution in [0.5, 0.6) is 5.75 Å². The molecule has 0 fully saturated rings. The highest BCUT2D eigenvalue weighted by molar-refractivity contribution is 5.94. The summed E-state index contributed by atoms with van der Waals surface area (Å²) in [6.45, 7) is 2.65. The van der Waals surface area contributed by atoms with Gasteiger partial charge in [0.15, 0.2) is 5.75 Å². The van der Waals surface area contributed by atoms with Gasteiger partial charge in [-0.25, -0.2) is 0 Å². The van der Waals surface area contributed by atoms with Crippen molar-refractivity contribution < 1.29 is 4.74 Å². The highest BCUT2D eigenvalue weighted by Gasteiger charge is 2.15. The number of halogens is 2. The zero-order chi connectivity index (χ0) is 17.4. The van der Waals surface area contributed by atoms with Gasteiger partial charge >= 0.3 is 0 Å². The third-order valence-corrected chi connectivity index (χ3v) is 4.55. The number of nitrogens with two attached hydrogens (primary N) is 1. The Labute approximate surface area is 171 Å². The molecule has 3 aromatic carbocycles. The maximum absolute atomic E-state index is 5.93. The van der Waals surface area contributed by atoms with Crippen LogP contribution in [0.1, 0.15) is 12.5 Å². The summed E-state index contributed by atoms with van der Waals surface area (Å²) in [4.78, 5) is 2.26. The molecule has 3 aromatic rings. The largest absolute Gasteiger partial charge is 0.456 e. The number of rotatable bonds is 3. The Morgan fingerprint density at radius 2 is 1.74 bits per heavy atom. The minimum atomic E-state index is 0. The fourth-order valence-electron chi connectivity index (χ4n) is 3.22. The van der Waals surface area contributed by atoms with Crippen molar-refractivity contribution in [1.29, 1.82) is 0 Å². The standard InChI is InChI=1S/C21H21N3O.2ClH/c1-14-21(22)23-18-12-15(10-11-20(18)25-14)13-24(2)19-9-5-7-16-6-3-4-8-17(16)19;;/h3-12,23H,13,22H2,1-2H3;2*1H. The summed E-state index contributed by atoms with van der Waals surface area (Å²) in [6.07, 6.45) is 0. The van der Waals surface area contributed by atoms with Crippen molar-refractivity contribution in [3.05, 3.63) is 77.8 Å². The molecule has 0 atom stereocenters. The molecule has 0 spiro atoms. The van der Waals surface area contributed by atoms with E-state index in [1.165, 1.54) is 22.0 Å². The first-order valence-corrected chi connectivity index (χ1v) is 8.35. The summed E-state index contributed by atoms with van der Waals surface area (Å²) in [5.41, 5.74) is 9.25. The molecule has 0 unspecified atom stereocenters. The first-order valence-electron chi connectivity index (χ1n) is 8.35. The van der Waals surface area contributed by atoms with Gasteiger partial charge in [-0.2, -0.15) is 0 Å². The van der Waals surface area contributed by atoms with Crippen molar-refractivity contribution in [3.63, 3.8) is 0 Å². The molecule has 1 aliphatic rings. The van der Waals surface area contributed by atoms with E-state index >= 15 is 0 Å². The zero-order valence-corrected chi connectivity index (χ0v) is 16.9. The van der Waals surface area contributed by atoms with Crippen LogP contribution in [0.3, 0.4) is 0 Å². The lowest BCUT2D eigenvalue weighted by atomic mass is 10.1. The number of nitrogens with zero attached hydrogens (tertiary/aromatic N) is 1. The van der Waals surface area contributed by atoms with Gasteiger partial charge in [-0.1, -0.05) is 42.5 Å². The zero-order valence-electron chi connectivity index (χ0n) is 15.2. The lowest BCUT2D eigenvalue weighted by Crippen LogP contribution is -2.20. The molecule has 3 N–H and O–H groups in total. The van der Waals surface area contributed by atoms with E-state index in [4.69, 9.17) is 10.5 Å². The quantitative estimate of drug-likeness (QED) is 0.624. The molecule has 0 saturated heterocycles. The second-order valence-corrected chi connectivity index (χ2v) is 6.38. The fraction of sp³-hybridized carbons (Fsp3) is 0.143. The van der Waals surface area contributed by atoms with E-state index in [0.717, 1.165) is 18.0 Å². The summed E-state index contributed by atoms with van der Waals surface area (Å²) < 4.78 is 5.72. The molecule has 4 rings (SSSR count). The predicted octanol–water partition coefficient (Wildman–Crippen LogP) is 5.27. The van der Waals surface area contributed by atoms with Crippen LogP contribution in [0.4, 0.5) is 11.4 Å². The van der Waals surface area contributed by atoms with Crippen LogP contribution in [0.25, 0.3) is 10.8 Å². The molecule has 4 nitrogen and oxygen atoms in total. The van der Waals surface area contributed by atoms with E-state index in [1.807, 2.05) is 13.0 Å². The topological polar surface area (TPSA) is 50.5 Å². The lowest BCUT2D eigenvalue weighted by Gasteiger charge is -2.24. The smallest absolute Gasteiger partial charge is 0.150 e. The molecule has 0 amide bonds. The predicted molar refractivity (Wildman–Crippen MR) is 118 cm³/mol. The van der Waals surface area contributed by atoms with Gasteiger partial charge in [0, 0.05) is 24.7 Å². The molecule has 0 aliphatic carbocycles. The van der Waals surface area contributed by atoms with Crippen LogP contribution in [-0.2, 0) is 6.54 Å². The molecule has 0 radical (unpaired) electrons.